The number of carboxylic acids is 1. The van der Waals surface area contributed by atoms with Crippen molar-refractivity contribution in [2.24, 2.45) is 0 Å². The van der Waals surface area contributed by atoms with Crippen LogP contribution in [0.5, 0.6) is 0 Å². The Bertz CT molecular complexity index is 294. The summed E-state index contributed by atoms with van der Waals surface area (Å²) in [6.45, 7) is 0.0531. The highest BCUT2D eigenvalue weighted by Crippen LogP contribution is 2.18. The minimum Gasteiger partial charge on any atom is -0.480 e. The molecule has 0 aromatic carbocycles. The lowest BCUT2D eigenvalue weighted by atomic mass is 10.2. The smallest absolute Gasteiger partial charge is 0.326 e. The highest BCUT2D eigenvalue weighted by atomic mass is 16.4. The largest absolute Gasteiger partial charge is 0.480 e. The summed E-state index contributed by atoms with van der Waals surface area (Å²) < 4.78 is 0. The zero-order valence-corrected chi connectivity index (χ0v) is 7.51. The van der Waals surface area contributed by atoms with Gasteiger partial charge in [0.15, 0.2) is 0 Å². The lowest BCUT2D eigenvalue weighted by Gasteiger charge is -2.19. The number of carboxylic acid groups (broad SMARTS) is 1. The van der Waals surface area contributed by atoms with Crippen molar-refractivity contribution in [1.82, 2.24) is 4.90 Å². The molecule has 2 N–H and O–H groups in total. The van der Waals surface area contributed by atoms with E-state index in [0.29, 0.717) is 0 Å². The molecule has 0 aromatic heterocycles. The maximum absolute atomic E-state index is 11.3. The van der Waals surface area contributed by atoms with Gasteiger partial charge in [-0.05, 0) is 0 Å². The fourth-order valence-electron chi connectivity index (χ4n) is 1.51. The lowest BCUT2D eigenvalue weighted by molar-refractivity contribution is -0.147. The maximum atomic E-state index is 11.3. The molecule has 0 spiro atoms. The normalized spacial score (nSPS) is 25.9. The summed E-state index contributed by atoms with van der Waals surface area (Å²) in [7, 11) is 0. The first-order chi connectivity index (χ1) is 6.56. The molecule has 0 radical (unpaired) electrons. The Morgan fingerprint density at radius 3 is 2.71 bits per heavy atom. The molecule has 1 rings (SSSR count). The average molecular weight is 197 g/mol. The SMILES string of the molecule is C#CCC(=O)N1C[C@H](O)C[C@@H]1C(=O)O. The Kier molecular flexibility index (Phi) is 3.10. The van der Waals surface area contributed by atoms with Crippen molar-refractivity contribution in [1.29, 1.82) is 0 Å². The topological polar surface area (TPSA) is 77.8 Å². The van der Waals surface area contributed by atoms with Gasteiger partial charge in [-0.25, -0.2) is 4.79 Å². The Labute approximate surface area is 81.3 Å². The number of terminal acetylenes is 1. The molecule has 1 saturated heterocycles. The maximum Gasteiger partial charge on any atom is 0.326 e. The molecule has 2 atom stereocenters. The molecule has 5 nitrogen and oxygen atoms in total. The highest BCUT2D eigenvalue weighted by Gasteiger charge is 2.38. The van der Waals surface area contributed by atoms with Crippen molar-refractivity contribution in [2.75, 3.05) is 6.54 Å². The summed E-state index contributed by atoms with van der Waals surface area (Å²) in [5.74, 6) is 0.628. The van der Waals surface area contributed by atoms with Gasteiger partial charge >= 0.3 is 5.97 Å². The van der Waals surface area contributed by atoms with Crippen LogP contribution in [0.15, 0.2) is 0 Å². The summed E-state index contributed by atoms with van der Waals surface area (Å²) in [6, 6.07) is -0.939. The van der Waals surface area contributed by atoms with Gasteiger partial charge in [0.1, 0.15) is 6.04 Å². The molecule has 0 aromatic rings. The van der Waals surface area contributed by atoms with E-state index >= 15 is 0 Å². The Morgan fingerprint density at radius 2 is 2.21 bits per heavy atom. The van der Waals surface area contributed by atoms with Gasteiger partial charge in [0.05, 0.1) is 12.5 Å². The molecule has 1 fully saturated rings. The Hall–Kier alpha value is -1.54. The van der Waals surface area contributed by atoms with E-state index in [1.165, 1.54) is 0 Å². The molecule has 14 heavy (non-hydrogen) atoms. The second-order valence-corrected chi connectivity index (χ2v) is 3.17. The van der Waals surface area contributed by atoms with Gasteiger partial charge in [0.25, 0.3) is 0 Å². The van der Waals surface area contributed by atoms with E-state index in [4.69, 9.17) is 11.5 Å². The molecule has 1 heterocycles. The van der Waals surface area contributed by atoms with Gasteiger partial charge in [-0.2, -0.15) is 0 Å². The van der Waals surface area contributed by atoms with Crippen molar-refractivity contribution < 1.29 is 19.8 Å². The van der Waals surface area contributed by atoms with E-state index in [-0.39, 0.29) is 19.4 Å². The number of aliphatic hydroxyl groups excluding tert-OH is 1. The third-order valence-electron chi connectivity index (χ3n) is 2.14. The minimum atomic E-state index is -1.10. The van der Waals surface area contributed by atoms with E-state index < -0.39 is 24.0 Å². The highest BCUT2D eigenvalue weighted by molar-refractivity contribution is 5.85. The number of hydrogen-bond donors (Lipinski definition) is 2. The van der Waals surface area contributed by atoms with Crippen molar-refractivity contribution >= 4 is 11.9 Å². The van der Waals surface area contributed by atoms with Crippen molar-refractivity contribution in [3.8, 4) is 12.3 Å². The van der Waals surface area contributed by atoms with Crippen molar-refractivity contribution in [3.05, 3.63) is 0 Å². The molecular weight excluding hydrogens is 186 g/mol. The second kappa shape index (κ2) is 4.11. The Balaban J connectivity index is 2.72. The summed E-state index contributed by atoms with van der Waals surface area (Å²) >= 11 is 0. The number of hydrogen-bond acceptors (Lipinski definition) is 3. The lowest BCUT2D eigenvalue weighted by Crippen LogP contribution is -2.40. The van der Waals surface area contributed by atoms with Crippen LogP contribution in [0.3, 0.4) is 0 Å². The average Bonchev–Trinajstić information content (AvgIpc) is 2.48. The number of β-amino-alcohol motifs (C(OH)–C–C–N with tert-alkyl or cyclic N) is 1. The third-order valence-corrected chi connectivity index (χ3v) is 2.14. The first kappa shape index (κ1) is 10.5. The first-order valence-electron chi connectivity index (χ1n) is 4.20. The fourth-order valence-corrected chi connectivity index (χ4v) is 1.51. The van der Waals surface area contributed by atoms with Crippen molar-refractivity contribution in [2.45, 2.75) is 25.0 Å². The van der Waals surface area contributed by atoms with Gasteiger partial charge < -0.3 is 15.1 Å². The first-order valence-corrected chi connectivity index (χ1v) is 4.20. The van der Waals surface area contributed by atoms with Gasteiger partial charge in [0, 0.05) is 13.0 Å². The van der Waals surface area contributed by atoms with E-state index in [2.05, 4.69) is 5.92 Å². The molecule has 76 valence electrons. The molecule has 1 aliphatic heterocycles. The molecule has 0 saturated carbocycles. The summed E-state index contributed by atoms with van der Waals surface area (Å²) in [5, 5.41) is 18.0. The van der Waals surface area contributed by atoms with Gasteiger partial charge in [0.2, 0.25) is 5.91 Å². The van der Waals surface area contributed by atoms with Crippen LogP contribution in [0, 0.1) is 12.3 Å². The minimum absolute atomic E-state index is 0.0531. The predicted molar refractivity (Wildman–Crippen MR) is 47.2 cm³/mol. The van der Waals surface area contributed by atoms with E-state index in [9.17, 15) is 14.7 Å². The molecule has 5 heteroatoms. The van der Waals surface area contributed by atoms with Crippen LogP contribution in [-0.4, -0.2) is 45.7 Å². The second-order valence-electron chi connectivity index (χ2n) is 3.17. The number of carbonyl (C=O) groups excluding carboxylic acids is 1. The number of aliphatic hydroxyl groups is 1. The molecule has 0 bridgehead atoms. The Morgan fingerprint density at radius 1 is 1.57 bits per heavy atom. The number of aliphatic carboxylic acids is 1. The quantitative estimate of drug-likeness (QED) is 0.560. The molecule has 0 unspecified atom stereocenters. The van der Waals surface area contributed by atoms with Crippen molar-refractivity contribution in [3.63, 3.8) is 0 Å². The molecule has 1 amide bonds. The fraction of sp³-hybridized carbons (Fsp3) is 0.556. The summed E-state index contributed by atoms with van der Waals surface area (Å²) in [5.41, 5.74) is 0. The van der Waals surface area contributed by atoms with E-state index in [1.807, 2.05) is 0 Å². The van der Waals surface area contributed by atoms with Crippen LogP contribution in [-0.2, 0) is 9.59 Å². The monoisotopic (exact) mass is 197 g/mol. The molecule has 1 aliphatic rings. The van der Waals surface area contributed by atoms with Gasteiger partial charge in [-0.1, -0.05) is 5.92 Å². The zero-order chi connectivity index (χ0) is 10.7. The third kappa shape index (κ3) is 2.03. The van der Waals surface area contributed by atoms with Crippen LogP contribution in [0.2, 0.25) is 0 Å². The number of nitrogens with zero attached hydrogens (tertiary/aromatic N) is 1. The van der Waals surface area contributed by atoms with Gasteiger partial charge in [-0.3, -0.25) is 4.79 Å². The van der Waals surface area contributed by atoms with E-state index in [1.54, 1.807) is 0 Å². The molecule has 0 aliphatic carbocycles. The van der Waals surface area contributed by atoms with Crippen LogP contribution in [0.1, 0.15) is 12.8 Å². The van der Waals surface area contributed by atoms with E-state index in [0.717, 1.165) is 4.90 Å². The van der Waals surface area contributed by atoms with Crippen LogP contribution in [0.25, 0.3) is 0 Å². The molecular formula is C9H11NO4. The number of likely N-dealkylation sites (tertiary alicyclic amines) is 1. The zero-order valence-electron chi connectivity index (χ0n) is 7.51. The standard InChI is InChI=1S/C9H11NO4/c1-2-3-8(12)10-5-6(11)4-7(10)9(13)14/h1,6-7,11H,3-5H2,(H,13,14)/t6-,7-/m1/s1. The summed E-state index contributed by atoms with van der Waals surface area (Å²) in [4.78, 5) is 23.1. The number of rotatable bonds is 2. The summed E-state index contributed by atoms with van der Waals surface area (Å²) in [6.07, 6.45) is 4.13. The number of amides is 1. The number of carbonyl (C=O) groups is 2. The predicted octanol–water partition coefficient (Wildman–Crippen LogP) is -0.944. The van der Waals surface area contributed by atoms with Crippen LogP contribution >= 0.6 is 0 Å². The van der Waals surface area contributed by atoms with Crippen LogP contribution in [0.4, 0.5) is 0 Å². The van der Waals surface area contributed by atoms with Crippen LogP contribution < -0.4 is 0 Å². The van der Waals surface area contributed by atoms with Gasteiger partial charge in [-0.15, -0.1) is 6.42 Å².